The van der Waals surface area contributed by atoms with Gasteiger partial charge in [0.15, 0.2) is 23.2 Å². The van der Waals surface area contributed by atoms with E-state index in [9.17, 15) is 9.59 Å². The average molecular weight is 391 g/mol. The second-order valence-corrected chi connectivity index (χ2v) is 5.67. The fourth-order valence-corrected chi connectivity index (χ4v) is 2.35. The summed E-state index contributed by atoms with van der Waals surface area (Å²) in [6.45, 7) is 1.81. The van der Waals surface area contributed by atoms with Crippen molar-refractivity contribution >= 4 is 35.3 Å². The Morgan fingerprint density at radius 3 is 2.52 bits per heavy atom. The van der Waals surface area contributed by atoms with E-state index in [0.717, 1.165) is 0 Å². The molecule has 0 amide bonds. The molecule has 1 aromatic carbocycles. The minimum absolute atomic E-state index is 0.145. The lowest BCUT2D eigenvalue weighted by molar-refractivity contribution is -0.143. The highest BCUT2D eigenvalue weighted by Crippen LogP contribution is 2.31. The maximum Gasteiger partial charge on any atom is 0.322 e. The van der Waals surface area contributed by atoms with Crippen LogP contribution in [-0.2, 0) is 9.53 Å². The predicted octanol–water partition coefficient (Wildman–Crippen LogP) is 3.52. The molecule has 2 rings (SSSR count). The van der Waals surface area contributed by atoms with E-state index in [4.69, 9.17) is 25.8 Å². The third-order valence-corrected chi connectivity index (χ3v) is 3.80. The summed E-state index contributed by atoms with van der Waals surface area (Å²) in [5.74, 6) is -1.36. The zero-order valence-electron chi connectivity index (χ0n) is 15.1. The average Bonchev–Trinajstić information content (AvgIpc) is 2.68. The number of hydrogen-bond acceptors (Lipinski definition) is 7. The van der Waals surface area contributed by atoms with Gasteiger partial charge in [-0.2, -0.15) is 0 Å². The van der Waals surface area contributed by atoms with Crippen LogP contribution in [0.15, 0.2) is 41.5 Å². The van der Waals surface area contributed by atoms with Gasteiger partial charge in [0.05, 0.1) is 26.5 Å². The second-order valence-electron chi connectivity index (χ2n) is 5.28. The summed E-state index contributed by atoms with van der Waals surface area (Å²) in [7, 11) is 3.03. The highest BCUT2D eigenvalue weighted by Gasteiger charge is 2.27. The molecule has 1 aromatic heterocycles. The maximum absolute atomic E-state index is 12.7. The van der Waals surface area contributed by atoms with Gasteiger partial charge in [-0.25, -0.2) is 4.98 Å². The molecule has 0 radical (unpaired) electrons. The standard InChI is InChI=1S/C19H19ClN2O5/c1-4-27-19(24)14(18(23)12-5-8-17(20)22-10-12)11-21-13-6-7-15(25-2)16(9-13)26-3/h5-11,14H,4H2,1-3H3. The van der Waals surface area contributed by atoms with E-state index >= 15 is 0 Å². The number of aromatic nitrogens is 1. The van der Waals surface area contributed by atoms with Crippen molar-refractivity contribution in [3.63, 3.8) is 0 Å². The van der Waals surface area contributed by atoms with Crippen LogP contribution in [0.5, 0.6) is 11.5 Å². The first-order valence-electron chi connectivity index (χ1n) is 8.08. The maximum atomic E-state index is 12.7. The number of Topliss-reactive ketones (excluding diaryl/α,β-unsaturated/α-hetero) is 1. The highest BCUT2D eigenvalue weighted by atomic mass is 35.5. The molecule has 0 saturated heterocycles. The van der Waals surface area contributed by atoms with Gasteiger partial charge in [-0.1, -0.05) is 11.6 Å². The quantitative estimate of drug-likeness (QED) is 0.225. The summed E-state index contributed by atoms with van der Waals surface area (Å²) >= 11 is 5.74. The Balaban J connectivity index is 2.31. The number of pyridine rings is 1. The molecule has 142 valence electrons. The molecular formula is C19H19ClN2O5. The molecule has 0 aliphatic carbocycles. The predicted molar refractivity (Wildman–Crippen MR) is 101 cm³/mol. The van der Waals surface area contributed by atoms with Crippen LogP contribution in [0.25, 0.3) is 0 Å². The van der Waals surface area contributed by atoms with Crippen molar-refractivity contribution in [2.75, 3.05) is 20.8 Å². The van der Waals surface area contributed by atoms with Crippen LogP contribution in [0.1, 0.15) is 17.3 Å². The topological polar surface area (TPSA) is 87.1 Å². The summed E-state index contributed by atoms with van der Waals surface area (Å²) in [5, 5.41) is 0.248. The molecule has 1 atom stereocenters. The first-order chi connectivity index (χ1) is 13.0. The normalized spacial score (nSPS) is 11.9. The van der Waals surface area contributed by atoms with Gasteiger partial charge in [-0.3, -0.25) is 14.6 Å². The lowest BCUT2D eigenvalue weighted by Crippen LogP contribution is -2.27. The van der Waals surface area contributed by atoms with Crippen molar-refractivity contribution in [1.82, 2.24) is 4.98 Å². The molecule has 1 heterocycles. The summed E-state index contributed by atoms with van der Waals surface area (Å²) in [5.41, 5.74) is 0.722. The van der Waals surface area contributed by atoms with E-state index in [1.807, 2.05) is 0 Å². The van der Waals surface area contributed by atoms with Crippen LogP contribution in [0.2, 0.25) is 5.15 Å². The monoisotopic (exact) mass is 390 g/mol. The molecule has 0 spiro atoms. The molecule has 27 heavy (non-hydrogen) atoms. The van der Waals surface area contributed by atoms with Crippen LogP contribution in [0.3, 0.4) is 0 Å². The lowest BCUT2D eigenvalue weighted by Gasteiger charge is -2.11. The van der Waals surface area contributed by atoms with E-state index in [1.165, 1.54) is 38.8 Å². The van der Waals surface area contributed by atoms with Crippen molar-refractivity contribution in [2.45, 2.75) is 6.92 Å². The Hall–Kier alpha value is -2.93. The Kier molecular flexibility index (Phi) is 7.31. The zero-order chi connectivity index (χ0) is 19.8. The number of benzene rings is 1. The molecule has 8 heteroatoms. The van der Waals surface area contributed by atoms with Crippen LogP contribution >= 0.6 is 11.6 Å². The van der Waals surface area contributed by atoms with Crippen LogP contribution in [0.4, 0.5) is 5.69 Å². The van der Waals surface area contributed by atoms with Gasteiger partial charge < -0.3 is 14.2 Å². The van der Waals surface area contributed by atoms with Crippen molar-refractivity contribution in [1.29, 1.82) is 0 Å². The molecule has 2 aromatic rings. The fourth-order valence-electron chi connectivity index (χ4n) is 2.23. The first kappa shape index (κ1) is 20.4. The number of aliphatic imine (C=N–C) groups is 1. The fraction of sp³-hybridized carbons (Fsp3) is 0.263. The Labute approximate surface area is 161 Å². The summed E-state index contributed by atoms with van der Waals surface area (Å²) in [6, 6.07) is 7.95. The van der Waals surface area contributed by atoms with E-state index in [-0.39, 0.29) is 17.3 Å². The summed E-state index contributed by atoms with van der Waals surface area (Å²) in [4.78, 5) is 33.0. The Morgan fingerprint density at radius 2 is 1.93 bits per heavy atom. The van der Waals surface area contributed by atoms with Gasteiger partial charge >= 0.3 is 5.97 Å². The smallest absolute Gasteiger partial charge is 0.322 e. The number of carbonyl (C=O) groups excluding carboxylic acids is 2. The zero-order valence-corrected chi connectivity index (χ0v) is 15.9. The number of carbonyl (C=O) groups is 2. The summed E-state index contributed by atoms with van der Waals surface area (Å²) < 4.78 is 15.4. The molecule has 1 unspecified atom stereocenters. The number of ketones is 1. The molecule has 0 bridgehead atoms. The molecule has 0 N–H and O–H groups in total. The first-order valence-corrected chi connectivity index (χ1v) is 8.46. The van der Waals surface area contributed by atoms with E-state index in [0.29, 0.717) is 17.2 Å². The Morgan fingerprint density at radius 1 is 1.19 bits per heavy atom. The molecule has 0 aliphatic rings. The third-order valence-electron chi connectivity index (χ3n) is 3.57. The minimum Gasteiger partial charge on any atom is -0.493 e. The number of hydrogen-bond donors (Lipinski definition) is 0. The van der Waals surface area contributed by atoms with Crippen molar-refractivity contribution in [3.05, 3.63) is 47.2 Å². The van der Waals surface area contributed by atoms with E-state index in [2.05, 4.69) is 9.98 Å². The second kappa shape index (κ2) is 9.68. The third kappa shape index (κ3) is 5.27. The van der Waals surface area contributed by atoms with Gasteiger partial charge in [0.2, 0.25) is 0 Å². The van der Waals surface area contributed by atoms with Crippen molar-refractivity contribution in [3.8, 4) is 11.5 Å². The van der Waals surface area contributed by atoms with E-state index < -0.39 is 17.7 Å². The van der Waals surface area contributed by atoms with Crippen LogP contribution < -0.4 is 9.47 Å². The highest BCUT2D eigenvalue weighted by molar-refractivity contribution is 6.29. The van der Waals surface area contributed by atoms with Gasteiger partial charge in [0, 0.05) is 24.0 Å². The molecule has 7 nitrogen and oxygen atoms in total. The van der Waals surface area contributed by atoms with E-state index in [1.54, 1.807) is 25.1 Å². The molecule has 0 aliphatic heterocycles. The number of ether oxygens (including phenoxy) is 3. The molecule has 0 fully saturated rings. The SMILES string of the molecule is CCOC(=O)C(C=Nc1ccc(OC)c(OC)c1)C(=O)c1ccc(Cl)nc1. The van der Waals surface area contributed by atoms with Crippen LogP contribution in [-0.4, -0.2) is 43.8 Å². The molecule has 0 saturated carbocycles. The Bertz CT molecular complexity index is 836. The van der Waals surface area contributed by atoms with Gasteiger partial charge in [0.1, 0.15) is 5.15 Å². The van der Waals surface area contributed by atoms with Crippen LogP contribution in [0, 0.1) is 5.92 Å². The van der Waals surface area contributed by atoms with Crippen molar-refractivity contribution < 1.29 is 23.8 Å². The number of nitrogens with zero attached hydrogens (tertiary/aromatic N) is 2. The summed E-state index contributed by atoms with van der Waals surface area (Å²) in [6.07, 6.45) is 2.55. The van der Waals surface area contributed by atoms with Gasteiger partial charge in [0.25, 0.3) is 0 Å². The van der Waals surface area contributed by atoms with Gasteiger partial charge in [-0.15, -0.1) is 0 Å². The van der Waals surface area contributed by atoms with Gasteiger partial charge in [-0.05, 0) is 31.2 Å². The number of esters is 1. The largest absolute Gasteiger partial charge is 0.493 e. The number of halogens is 1. The lowest BCUT2D eigenvalue weighted by atomic mass is 10.00. The minimum atomic E-state index is -1.21. The van der Waals surface area contributed by atoms with Crippen molar-refractivity contribution in [2.24, 2.45) is 10.9 Å². The molecular weight excluding hydrogens is 372 g/mol. The number of methoxy groups -OCH3 is 2. The number of rotatable bonds is 8.